The summed E-state index contributed by atoms with van der Waals surface area (Å²) in [6.07, 6.45) is 7.63. The first-order valence-electron chi connectivity index (χ1n) is 8.14. The number of rotatable bonds is 3. The third-order valence-corrected chi connectivity index (χ3v) is 5.27. The van der Waals surface area contributed by atoms with Crippen molar-refractivity contribution in [2.24, 2.45) is 11.1 Å². The molecule has 0 aromatic heterocycles. The maximum absolute atomic E-state index is 5.83. The number of nitrogens with two attached hydrogens (primary N) is 1. The fourth-order valence-electron chi connectivity index (χ4n) is 3.60. The van der Waals surface area contributed by atoms with Crippen molar-refractivity contribution < 1.29 is 0 Å². The molecule has 1 aromatic rings. The molecule has 0 aliphatic heterocycles. The van der Waals surface area contributed by atoms with Crippen LogP contribution in [0.2, 0.25) is 0 Å². The van der Waals surface area contributed by atoms with Gasteiger partial charge in [0.25, 0.3) is 0 Å². The summed E-state index contributed by atoms with van der Waals surface area (Å²) in [7, 11) is 0. The van der Waals surface area contributed by atoms with E-state index in [4.69, 9.17) is 5.73 Å². The number of anilines is 1. The third kappa shape index (κ3) is 3.17. The monoisotopic (exact) mass is 272 g/mol. The van der Waals surface area contributed by atoms with Crippen LogP contribution in [0.4, 0.5) is 5.69 Å². The number of nitrogens with one attached hydrogen (secondary N) is 1. The fourth-order valence-corrected chi connectivity index (χ4v) is 3.60. The predicted molar refractivity (Wildman–Crippen MR) is 86.1 cm³/mol. The molecule has 0 radical (unpaired) electrons. The minimum atomic E-state index is 0.414. The number of hydrogen-bond donors (Lipinski definition) is 2. The lowest BCUT2D eigenvalue weighted by Crippen LogP contribution is -2.44. The van der Waals surface area contributed by atoms with Crippen LogP contribution >= 0.6 is 0 Å². The Morgan fingerprint density at radius 3 is 2.20 bits per heavy atom. The molecule has 0 heterocycles. The lowest BCUT2D eigenvalue weighted by atomic mass is 9.71. The van der Waals surface area contributed by atoms with Crippen molar-refractivity contribution in [1.29, 1.82) is 0 Å². The predicted octanol–water partition coefficient (Wildman–Crippen LogP) is 4.27. The number of benzene rings is 1. The molecule has 1 aromatic carbocycles. The smallest absolute Gasteiger partial charge is 0.0342 e. The minimum absolute atomic E-state index is 0.414. The Morgan fingerprint density at radius 1 is 1.05 bits per heavy atom. The summed E-state index contributed by atoms with van der Waals surface area (Å²) in [5.74, 6) is 0.772. The molecule has 20 heavy (non-hydrogen) atoms. The molecule has 2 saturated carbocycles. The third-order valence-electron chi connectivity index (χ3n) is 5.27. The van der Waals surface area contributed by atoms with E-state index in [2.05, 4.69) is 43.4 Å². The zero-order chi connectivity index (χ0) is 14.2. The van der Waals surface area contributed by atoms with E-state index in [1.54, 1.807) is 0 Å². The highest BCUT2D eigenvalue weighted by Crippen LogP contribution is 2.42. The highest BCUT2D eigenvalue weighted by Gasteiger charge is 2.28. The van der Waals surface area contributed by atoms with Gasteiger partial charge in [-0.25, -0.2) is 0 Å². The quantitative estimate of drug-likeness (QED) is 0.862. The van der Waals surface area contributed by atoms with Crippen molar-refractivity contribution in [3.05, 3.63) is 29.8 Å². The largest absolute Gasteiger partial charge is 0.382 e. The molecule has 2 aliphatic rings. The van der Waals surface area contributed by atoms with Crippen LogP contribution in [0.5, 0.6) is 0 Å². The lowest BCUT2D eigenvalue weighted by Gasteiger charge is -2.35. The molecule has 0 atom stereocenters. The van der Waals surface area contributed by atoms with Gasteiger partial charge in [-0.2, -0.15) is 0 Å². The summed E-state index contributed by atoms with van der Waals surface area (Å²) >= 11 is 0. The first kappa shape index (κ1) is 13.9. The van der Waals surface area contributed by atoms with Crippen molar-refractivity contribution in [1.82, 2.24) is 0 Å². The molecule has 0 saturated heterocycles. The van der Waals surface area contributed by atoms with Crippen LogP contribution in [-0.4, -0.2) is 12.1 Å². The molecule has 0 unspecified atom stereocenters. The van der Waals surface area contributed by atoms with Gasteiger partial charge in [-0.05, 0) is 67.6 Å². The Morgan fingerprint density at radius 2 is 1.65 bits per heavy atom. The van der Waals surface area contributed by atoms with Crippen LogP contribution in [0.1, 0.15) is 63.9 Å². The Balaban J connectivity index is 1.56. The minimum Gasteiger partial charge on any atom is -0.382 e. The van der Waals surface area contributed by atoms with Crippen LogP contribution < -0.4 is 11.1 Å². The molecule has 110 valence electrons. The average Bonchev–Trinajstić information content (AvgIpc) is 2.38. The van der Waals surface area contributed by atoms with Crippen molar-refractivity contribution in [2.75, 3.05) is 5.32 Å². The van der Waals surface area contributed by atoms with E-state index in [1.807, 2.05) is 0 Å². The van der Waals surface area contributed by atoms with Gasteiger partial charge in [0.2, 0.25) is 0 Å². The van der Waals surface area contributed by atoms with Gasteiger partial charge in [0.15, 0.2) is 0 Å². The van der Waals surface area contributed by atoms with E-state index < -0.39 is 0 Å². The van der Waals surface area contributed by atoms with E-state index in [1.165, 1.54) is 36.9 Å². The van der Waals surface area contributed by atoms with Gasteiger partial charge < -0.3 is 11.1 Å². The molecule has 2 aliphatic carbocycles. The van der Waals surface area contributed by atoms with Gasteiger partial charge in [0, 0.05) is 17.8 Å². The van der Waals surface area contributed by atoms with Gasteiger partial charge in [-0.15, -0.1) is 0 Å². The van der Waals surface area contributed by atoms with Gasteiger partial charge in [-0.1, -0.05) is 26.0 Å². The first-order chi connectivity index (χ1) is 9.52. The Hall–Kier alpha value is -1.02. The molecule has 0 amide bonds. The summed E-state index contributed by atoms with van der Waals surface area (Å²) in [6.45, 7) is 4.80. The van der Waals surface area contributed by atoms with Gasteiger partial charge >= 0.3 is 0 Å². The molecule has 2 heteroatoms. The normalized spacial score (nSPS) is 29.8. The molecular formula is C18H28N2. The zero-order valence-electron chi connectivity index (χ0n) is 12.9. The summed E-state index contributed by atoms with van der Waals surface area (Å²) in [6, 6.07) is 10.1. The molecule has 0 spiro atoms. The van der Waals surface area contributed by atoms with Crippen molar-refractivity contribution in [3.63, 3.8) is 0 Å². The van der Waals surface area contributed by atoms with E-state index in [9.17, 15) is 0 Å². The van der Waals surface area contributed by atoms with Gasteiger partial charge in [0.05, 0.1) is 0 Å². The molecule has 2 nitrogen and oxygen atoms in total. The molecule has 3 N–H and O–H groups in total. The maximum atomic E-state index is 5.83. The van der Waals surface area contributed by atoms with Gasteiger partial charge in [0.1, 0.15) is 0 Å². The molecule has 2 fully saturated rings. The summed E-state index contributed by atoms with van der Waals surface area (Å²) in [5.41, 5.74) is 9.16. The topological polar surface area (TPSA) is 38.0 Å². The lowest BCUT2D eigenvalue weighted by molar-refractivity contribution is 0.224. The highest BCUT2D eigenvalue weighted by atomic mass is 15.0. The van der Waals surface area contributed by atoms with E-state index in [0.717, 1.165) is 18.8 Å². The Bertz CT molecular complexity index is 433. The maximum Gasteiger partial charge on any atom is 0.0342 e. The van der Waals surface area contributed by atoms with Crippen molar-refractivity contribution in [3.8, 4) is 0 Å². The van der Waals surface area contributed by atoms with Gasteiger partial charge in [-0.3, -0.25) is 0 Å². The standard InChI is InChI=1S/C18H28N2/c1-18(2)9-7-14(8-10-18)13-3-5-16(6-4-13)20-17-11-15(19)12-17/h3-6,14-15,17,20H,7-12,19H2,1-2H3. The van der Waals surface area contributed by atoms with E-state index >= 15 is 0 Å². The van der Waals surface area contributed by atoms with Crippen LogP contribution in [0, 0.1) is 5.41 Å². The summed E-state index contributed by atoms with van der Waals surface area (Å²) < 4.78 is 0. The van der Waals surface area contributed by atoms with E-state index in [-0.39, 0.29) is 0 Å². The highest BCUT2D eigenvalue weighted by molar-refractivity contribution is 5.46. The molecule has 3 rings (SSSR count). The summed E-state index contributed by atoms with van der Waals surface area (Å²) in [5, 5.41) is 3.57. The SMILES string of the molecule is CC1(C)CCC(c2ccc(NC3CC(N)C3)cc2)CC1. The van der Waals surface area contributed by atoms with E-state index in [0.29, 0.717) is 17.5 Å². The van der Waals surface area contributed by atoms with Crippen LogP contribution in [0.3, 0.4) is 0 Å². The summed E-state index contributed by atoms with van der Waals surface area (Å²) in [4.78, 5) is 0. The van der Waals surface area contributed by atoms with Crippen molar-refractivity contribution >= 4 is 5.69 Å². The van der Waals surface area contributed by atoms with Crippen LogP contribution in [0.25, 0.3) is 0 Å². The Kier molecular flexibility index (Phi) is 3.76. The molecule has 0 bridgehead atoms. The van der Waals surface area contributed by atoms with Crippen LogP contribution in [-0.2, 0) is 0 Å². The van der Waals surface area contributed by atoms with Crippen molar-refractivity contribution in [2.45, 2.75) is 70.4 Å². The average molecular weight is 272 g/mol. The second-order valence-electron chi connectivity index (χ2n) is 7.63. The fraction of sp³-hybridized carbons (Fsp3) is 0.667. The Labute approximate surface area is 123 Å². The second-order valence-corrected chi connectivity index (χ2v) is 7.63. The molecular weight excluding hydrogens is 244 g/mol. The van der Waals surface area contributed by atoms with Crippen LogP contribution in [0.15, 0.2) is 24.3 Å². The first-order valence-corrected chi connectivity index (χ1v) is 8.14. The zero-order valence-corrected chi connectivity index (χ0v) is 12.9. The second kappa shape index (κ2) is 5.40. The number of hydrogen-bond acceptors (Lipinski definition) is 2.